The summed E-state index contributed by atoms with van der Waals surface area (Å²) in [6, 6.07) is 0. The van der Waals surface area contributed by atoms with E-state index in [-0.39, 0.29) is 109 Å². The van der Waals surface area contributed by atoms with Gasteiger partial charge in [0.15, 0.2) is 0 Å². The molecule has 0 saturated carbocycles. The molecule has 0 rings (SSSR count). The first-order valence-electron chi connectivity index (χ1n) is 8.38. The first-order valence-corrected chi connectivity index (χ1v) is 9.84. The largest absolute Gasteiger partial charge is 1.00 e. The summed E-state index contributed by atoms with van der Waals surface area (Å²) in [5, 5.41) is 9.89. The molecule has 0 radical (unpaired) electrons. The number of phosphoric ester groups is 1. The Morgan fingerprint density at radius 2 is 1.54 bits per heavy atom. The van der Waals surface area contributed by atoms with Crippen molar-refractivity contribution < 1.29 is 127 Å². The minimum atomic E-state index is -4.88. The van der Waals surface area contributed by atoms with Gasteiger partial charge in [0, 0.05) is 13.1 Å². The molecule has 0 heterocycles. The fourth-order valence-electron chi connectivity index (χ4n) is 2.36. The Balaban J connectivity index is -0.00000220. The van der Waals surface area contributed by atoms with Gasteiger partial charge >= 0.3 is 103 Å². The molecule has 9 heteroatoms. The van der Waals surface area contributed by atoms with Crippen LogP contribution in [-0.4, -0.2) is 42.9 Å². The molecule has 0 aromatic rings. The van der Waals surface area contributed by atoms with Crippen LogP contribution in [0.2, 0.25) is 0 Å². The molecule has 1 N–H and O–H groups in total. The molecule has 24 heavy (non-hydrogen) atoms. The third-order valence-corrected chi connectivity index (χ3v) is 4.13. The molecular formula is C15H32K2NO5P. The average Bonchev–Trinajstić information content (AvgIpc) is 2.40. The number of hydrogen-bond acceptors (Lipinski definition) is 6. The van der Waals surface area contributed by atoms with Crippen LogP contribution >= 0.6 is 7.82 Å². The smallest absolute Gasteiger partial charge is 0.790 e. The monoisotopic (exact) mass is 415 g/mol. The van der Waals surface area contributed by atoms with E-state index in [4.69, 9.17) is 0 Å². The van der Waals surface area contributed by atoms with Crippen molar-refractivity contribution in [3.05, 3.63) is 0 Å². The molecule has 0 spiro atoms. The van der Waals surface area contributed by atoms with Crippen LogP contribution in [0.5, 0.6) is 0 Å². The molecule has 0 aromatic carbocycles. The van der Waals surface area contributed by atoms with E-state index in [0.29, 0.717) is 13.1 Å². The molecule has 0 bridgehead atoms. The Labute approximate surface area is 232 Å². The first kappa shape index (κ1) is 32.0. The predicted octanol–water partition coefficient (Wildman–Crippen LogP) is -4.34. The zero-order chi connectivity index (χ0) is 16.8. The Hall–Kier alpha value is 3.30. The van der Waals surface area contributed by atoms with Crippen LogP contribution in [-0.2, 0) is 9.09 Å². The predicted molar refractivity (Wildman–Crippen MR) is 84.3 cm³/mol. The van der Waals surface area contributed by atoms with Crippen molar-refractivity contribution in [2.24, 2.45) is 0 Å². The fraction of sp³-hybridized carbons (Fsp3) is 1.00. The molecule has 0 aromatic heterocycles. The van der Waals surface area contributed by atoms with Gasteiger partial charge in [0.2, 0.25) is 0 Å². The molecular weight excluding hydrogens is 383 g/mol. The summed E-state index contributed by atoms with van der Waals surface area (Å²) in [5.41, 5.74) is 0. The second kappa shape index (κ2) is 21.0. The van der Waals surface area contributed by atoms with Crippen LogP contribution < -0.4 is 113 Å². The van der Waals surface area contributed by atoms with Crippen LogP contribution in [0.1, 0.15) is 64.7 Å². The Bertz CT molecular complexity index is 308. The summed E-state index contributed by atoms with van der Waals surface area (Å²) < 4.78 is 14.5. The molecule has 1 unspecified atom stereocenters. The molecule has 6 nitrogen and oxygen atoms in total. The molecule has 0 amide bonds. The third kappa shape index (κ3) is 25.3. The maximum absolute atomic E-state index is 10.3. The Kier molecular flexibility index (Phi) is 28.0. The van der Waals surface area contributed by atoms with Gasteiger partial charge in [0.05, 0.1) is 20.5 Å². The summed E-state index contributed by atoms with van der Waals surface area (Å²) in [7, 11) is -3.12. The van der Waals surface area contributed by atoms with Gasteiger partial charge in [-0.1, -0.05) is 58.3 Å². The third-order valence-electron chi connectivity index (χ3n) is 3.64. The van der Waals surface area contributed by atoms with Crippen molar-refractivity contribution >= 4 is 7.82 Å². The van der Waals surface area contributed by atoms with E-state index in [0.717, 1.165) is 19.3 Å². The van der Waals surface area contributed by atoms with Crippen molar-refractivity contribution in [2.75, 3.05) is 26.7 Å². The van der Waals surface area contributed by atoms with Crippen LogP contribution in [0.15, 0.2) is 0 Å². The van der Waals surface area contributed by atoms with Gasteiger partial charge in [-0.25, -0.2) is 0 Å². The molecule has 134 valence electrons. The molecule has 0 aliphatic carbocycles. The van der Waals surface area contributed by atoms with Crippen molar-refractivity contribution in [1.29, 1.82) is 0 Å². The summed E-state index contributed by atoms with van der Waals surface area (Å²) in [6.07, 6.45) is 10.2. The standard InChI is InChI=1S/C15H34NO5P.2K/c1-3-4-5-6-7-8-9-10-11-15(17)14-16(2)12-13-21-22(18,19)20;;/h15,17H,3-14H2,1-2H3,(H2,18,19,20);;/q;2*+1/p-2. The maximum Gasteiger partial charge on any atom is 1.00 e. The fourth-order valence-corrected chi connectivity index (χ4v) is 2.67. The van der Waals surface area contributed by atoms with Crippen molar-refractivity contribution in [3.63, 3.8) is 0 Å². The normalized spacial score (nSPS) is 12.6. The van der Waals surface area contributed by atoms with Gasteiger partial charge in [-0.05, 0) is 13.5 Å². The van der Waals surface area contributed by atoms with Crippen LogP contribution in [0.4, 0.5) is 0 Å². The minimum Gasteiger partial charge on any atom is -0.790 e. The van der Waals surface area contributed by atoms with Crippen molar-refractivity contribution in [1.82, 2.24) is 4.90 Å². The van der Waals surface area contributed by atoms with Gasteiger partial charge < -0.3 is 28.9 Å². The van der Waals surface area contributed by atoms with Gasteiger partial charge in [-0.2, -0.15) is 0 Å². The molecule has 1 atom stereocenters. The van der Waals surface area contributed by atoms with Gasteiger partial charge in [0.25, 0.3) is 0 Å². The topological polar surface area (TPSA) is 95.9 Å². The van der Waals surface area contributed by atoms with E-state index in [2.05, 4.69) is 11.4 Å². The summed E-state index contributed by atoms with van der Waals surface area (Å²) >= 11 is 0. The average molecular weight is 416 g/mol. The van der Waals surface area contributed by atoms with Crippen LogP contribution in [0, 0.1) is 0 Å². The minimum absolute atomic E-state index is 0. The van der Waals surface area contributed by atoms with Crippen molar-refractivity contribution in [2.45, 2.75) is 70.8 Å². The summed E-state index contributed by atoms with van der Waals surface area (Å²) in [4.78, 5) is 22.4. The Morgan fingerprint density at radius 1 is 1.04 bits per heavy atom. The second-order valence-electron chi connectivity index (χ2n) is 5.96. The molecule has 0 saturated heterocycles. The number of rotatable bonds is 15. The number of hydrogen-bond donors (Lipinski definition) is 1. The molecule has 0 aliphatic rings. The number of aliphatic hydroxyl groups is 1. The quantitative estimate of drug-likeness (QED) is 0.165. The maximum atomic E-state index is 10.3. The molecule has 0 aliphatic heterocycles. The van der Waals surface area contributed by atoms with E-state index >= 15 is 0 Å². The van der Waals surface area contributed by atoms with Gasteiger partial charge in [-0.15, -0.1) is 0 Å². The number of aliphatic hydroxyl groups excluding tert-OH is 1. The Morgan fingerprint density at radius 3 is 2.04 bits per heavy atom. The van der Waals surface area contributed by atoms with E-state index in [1.165, 1.54) is 38.5 Å². The van der Waals surface area contributed by atoms with Crippen molar-refractivity contribution in [3.8, 4) is 0 Å². The molecule has 0 fully saturated rings. The van der Waals surface area contributed by atoms with E-state index < -0.39 is 13.9 Å². The van der Waals surface area contributed by atoms with E-state index in [1.54, 1.807) is 11.9 Å². The first-order chi connectivity index (χ1) is 10.3. The van der Waals surface area contributed by atoms with Crippen LogP contribution in [0.3, 0.4) is 0 Å². The zero-order valence-electron chi connectivity index (χ0n) is 16.0. The van der Waals surface area contributed by atoms with Crippen LogP contribution in [0.25, 0.3) is 0 Å². The van der Waals surface area contributed by atoms with E-state index in [1.807, 2.05) is 0 Å². The second-order valence-corrected chi connectivity index (χ2v) is 7.11. The van der Waals surface area contributed by atoms with Gasteiger partial charge in [-0.3, -0.25) is 0 Å². The zero-order valence-corrected chi connectivity index (χ0v) is 23.2. The number of nitrogens with zero attached hydrogens (tertiary/aromatic N) is 1. The van der Waals surface area contributed by atoms with Gasteiger partial charge in [0.1, 0.15) is 0 Å². The number of phosphoric acid groups is 1. The number of unbranched alkanes of at least 4 members (excludes halogenated alkanes) is 7. The summed E-state index contributed by atoms with van der Waals surface area (Å²) in [5.74, 6) is 0. The summed E-state index contributed by atoms with van der Waals surface area (Å²) in [6.45, 7) is 2.82. The number of likely N-dealkylation sites (N-methyl/N-ethyl adjacent to an activating group) is 1. The van der Waals surface area contributed by atoms with E-state index in [9.17, 15) is 19.5 Å². The SMILES string of the molecule is CCCCCCCCCCC(O)CN(C)CCOP(=O)([O-])[O-].[K+].[K+].